The highest BCUT2D eigenvalue weighted by Gasteiger charge is 2.01. The number of methoxy groups -OCH3 is 1. The Labute approximate surface area is 175 Å². The van der Waals surface area contributed by atoms with E-state index in [0.717, 1.165) is 39.7 Å². The molecule has 0 spiro atoms. The molecule has 1 aromatic heterocycles. The molecule has 0 aliphatic carbocycles. The number of carbonyl (C=O) groups excluding carboxylic acids is 1. The van der Waals surface area contributed by atoms with Gasteiger partial charge in [0.1, 0.15) is 18.1 Å². The first kappa shape index (κ1) is 20.6. The van der Waals surface area contributed by atoms with Crippen molar-refractivity contribution in [3.8, 4) is 11.5 Å². The Morgan fingerprint density at radius 3 is 2.72 bits per heavy atom. The van der Waals surface area contributed by atoms with Crippen molar-refractivity contribution in [2.24, 2.45) is 0 Å². The van der Waals surface area contributed by atoms with Gasteiger partial charge in [-0.25, -0.2) is 4.98 Å². The average molecular weight is 409 g/mol. The van der Waals surface area contributed by atoms with Crippen molar-refractivity contribution in [2.45, 2.75) is 20.0 Å². The van der Waals surface area contributed by atoms with E-state index in [0.29, 0.717) is 13.2 Å². The lowest BCUT2D eigenvalue weighted by atomic mass is 10.1. The van der Waals surface area contributed by atoms with E-state index in [-0.39, 0.29) is 5.91 Å². The van der Waals surface area contributed by atoms with Gasteiger partial charge in [0.15, 0.2) is 0 Å². The number of aromatic nitrogens is 1. The second-order valence-corrected chi connectivity index (χ2v) is 7.50. The first-order valence-electron chi connectivity index (χ1n) is 9.35. The standard InChI is InChI=1S/C23H24N2O3S/c1-17-25-20(16-29-17)15-28-22-5-3-4-19(14-22)8-11-23(26)24-13-12-18-6-9-21(27-2)10-7-18/h3-11,14,16H,12-13,15H2,1-2H3,(H,24,26)/b11-8+. The summed E-state index contributed by atoms with van der Waals surface area (Å²) in [7, 11) is 1.64. The molecule has 3 aromatic rings. The summed E-state index contributed by atoms with van der Waals surface area (Å²) in [6.07, 6.45) is 4.09. The summed E-state index contributed by atoms with van der Waals surface area (Å²) in [5, 5.41) is 5.92. The highest BCUT2D eigenvalue weighted by molar-refractivity contribution is 7.09. The van der Waals surface area contributed by atoms with Crippen molar-refractivity contribution < 1.29 is 14.3 Å². The highest BCUT2D eigenvalue weighted by atomic mass is 32.1. The molecule has 0 saturated heterocycles. The van der Waals surface area contributed by atoms with Crippen LogP contribution in [0.1, 0.15) is 21.8 Å². The van der Waals surface area contributed by atoms with Crippen LogP contribution in [-0.2, 0) is 17.8 Å². The highest BCUT2D eigenvalue weighted by Crippen LogP contribution is 2.17. The predicted octanol–water partition coefficient (Wildman–Crippen LogP) is 4.41. The molecule has 0 radical (unpaired) electrons. The van der Waals surface area contributed by atoms with E-state index < -0.39 is 0 Å². The van der Waals surface area contributed by atoms with Crippen molar-refractivity contribution in [1.29, 1.82) is 0 Å². The van der Waals surface area contributed by atoms with Gasteiger partial charge in [-0.15, -0.1) is 11.3 Å². The van der Waals surface area contributed by atoms with Gasteiger partial charge < -0.3 is 14.8 Å². The number of rotatable bonds is 9. The van der Waals surface area contributed by atoms with Crippen molar-refractivity contribution in [3.63, 3.8) is 0 Å². The zero-order valence-corrected chi connectivity index (χ0v) is 17.4. The van der Waals surface area contributed by atoms with Crippen molar-refractivity contribution in [2.75, 3.05) is 13.7 Å². The van der Waals surface area contributed by atoms with Gasteiger partial charge in [-0.2, -0.15) is 0 Å². The van der Waals surface area contributed by atoms with E-state index in [2.05, 4.69) is 10.3 Å². The molecule has 0 bridgehead atoms. The summed E-state index contributed by atoms with van der Waals surface area (Å²) < 4.78 is 10.9. The number of nitrogens with one attached hydrogen (secondary N) is 1. The normalized spacial score (nSPS) is 10.8. The molecule has 0 aliphatic heterocycles. The minimum atomic E-state index is -0.122. The second-order valence-electron chi connectivity index (χ2n) is 6.44. The Bertz CT molecular complexity index is 964. The first-order valence-corrected chi connectivity index (χ1v) is 10.2. The Morgan fingerprint density at radius 1 is 1.17 bits per heavy atom. The first-order chi connectivity index (χ1) is 14.1. The maximum Gasteiger partial charge on any atom is 0.244 e. The number of carbonyl (C=O) groups is 1. The molecule has 6 heteroatoms. The van der Waals surface area contributed by atoms with Crippen LogP contribution in [0.25, 0.3) is 6.08 Å². The number of amides is 1. The average Bonchev–Trinajstić information content (AvgIpc) is 3.17. The lowest BCUT2D eigenvalue weighted by Gasteiger charge is -2.05. The number of hydrogen-bond donors (Lipinski definition) is 1. The number of aryl methyl sites for hydroxylation is 1. The summed E-state index contributed by atoms with van der Waals surface area (Å²) in [6.45, 7) is 2.98. The topological polar surface area (TPSA) is 60.5 Å². The molecule has 0 atom stereocenters. The lowest BCUT2D eigenvalue weighted by Crippen LogP contribution is -2.23. The molecule has 5 nitrogen and oxygen atoms in total. The zero-order chi connectivity index (χ0) is 20.5. The van der Waals surface area contributed by atoms with Crippen LogP contribution in [0.15, 0.2) is 60.0 Å². The third-order valence-electron chi connectivity index (χ3n) is 4.21. The lowest BCUT2D eigenvalue weighted by molar-refractivity contribution is -0.116. The third kappa shape index (κ3) is 6.76. The molecular formula is C23H24N2O3S. The van der Waals surface area contributed by atoms with Crippen LogP contribution in [0, 0.1) is 6.92 Å². The van der Waals surface area contributed by atoms with Crippen LogP contribution >= 0.6 is 11.3 Å². The number of hydrogen-bond acceptors (Lipinski definition) is 5. The van der Waals surface area contributed by atoms with E-state index in [9.17, 15) is 4.79 Å². The van der Waals surface area contributed by atoms with E-state index in [1.807, 2.05) is 60.8 Å². The fraction of sp³-hybridized carbons (Fsp3) is 0.217. The minimum Gasteiger partial charge on any atom is -0.497 e. The smallest absolute Gasteiger partial charge is 0.244 e. The summed E-state index contributed by atoms with van der Waals surface area (Å²) in [5.41, 5.74) is 2.97. The Kier molecular flexibility index (Phi) is 7.41. The largest absolute Gasteiger partial charge is 0.497 e. The summed E-state index contributed by atoms with van der Waals surface area (Å²) >= 11 is 1.61. The fourth-order valence-electron chi connectivity index (χ4n) is 2.69. The van der Waals surface area contributed by atoms with E-state index in [1.54, 1.807) is 24.5 Å². The van der Waals surface area contributed by atoms with Gasteiger partial charge in [0.25, 0.3) is 0 Å². The Morgan fingerprint density at radius 2 is 2.00 bits per heavy atom. The number of thiazole rings is 1. The van der Waals surface area contributed by atoms with Crippen LogP contribution in [-0.4, -0.2) is 24.5 Å². The molecule has 0 unspecified atom stereocenters. The predicted molar refractivity (Wildman–Crippen MR) is 116 cm³/mol. The molecule has 1 N–H and O–H groups in total. The van der Waals surface area contributed by atoms with Crippen LogP contribution in [0.5, 0.6) is 11.5 Å². The Balaban J connectivity index is 1.45. The van der Waals surface area contributed by atoms with Crippen molar-refractivity contribution in [3.05, 3.63) is 81.8 Å². The Hall–Kier alpha value is -3.12. The van der Waals surface area contributed by atoms with Gasteiger partial charge in [-0.1, -0.05) is 24.3 Å². The minimum absolute atomic E-state index is 0.122. The zero-order valence-electron chi connectivity index (χ0n) is 16.6. The van der Waals surface area contributed by atoms with Crippen molar-refractivity contribution >= 4 is 23.3 Å². The second kappa shape index (κ2) is 10.4. The van der Waals surface area contributed by atoms with Gasteiger partial charge in [0, 0.05) is 18.0 Å². The van der Waals surface area contributed by atoms with Crippen LogP contribution in [0.4, 0.5) is 0 Å². The molecule has 29 heavy (non-hydrogen) atoms. The van der Waals surface area contributed by atoms with Gasteiger partial charge in [-0.05, 0) is 54.8 Å². The third-order valence-corrected chi connectivity index (χ3v) is 5.03. The van der Waals surface area contributed by atoms with Crippen LogP contribution in [0.2, 0.25) is 0 Å². The number of ether oxygens (including phenoxy) is 2. The molecule has 150 valence electrons. The van der Waals surface area contributed by atoms with E-state index >= 15 is 0 Å². The maximum absolute atomic E-state index is 12.0. The van der Waals surface area contributed by atoms with Gasteiger partial charge in [0.2, 0.25) is 5.91 Å². The quantitative estimate of drug-likeness (QED) is 0.533. The maximum atomic E-state index is 12.0. The summed E-state index contributed by atoms with van der Waals surface area (Å²) in [6, 6.07) is 15.5. The molecule has 2 aromatic carbocycles. The van der Waals surface area contributed by atoms with E-state index in [1.165, 1.54) is 6.08 Å². The van der Waals surface area contributed by atoms with Gasteiger partial charge >= 0.3 is 0 Å². The fourth-order valence-corrected chi connectivity index (χ4v) is 3.29. The molecule has 0 aliphatic rings. The van der Waals surface area contributed by atoms with Gasteiger partial charge in [-0.3, -0.25) is 4.79 Å². The van der Waals surface area contributed by atoms with Gasteiger partial charge in [0.05, 0.1) is 17.8 Å². The molecule has 0 saturated carbocycles. The molecular weight excluding hydrogens is 384 g/mol. The monoisotopic (exact) mass is 408 g/mol. The summed E-state index contributed by atoms with van der Waals surface area (Å²) in [5.74, 6) is 1.45. The van der Waals surface area contributed by atoms with Crippen molar-refractivity contribution in [1.82, 2.24) is 10.3 Å². The summed E-state index contributed by atoms with van der Waals surface area (Å²) in [4.78, 5) is 16.4. The van der Waals surface area contributed by atoms with Crippen LogP contribution < -0.4 is 14.8 Å². The number of benzene rings is 2. The molecule has 3 rings (SSSR count). The molecule has 0 fully saturated rings. The van der Waals surface area contributed by atoms with E-state index in [4.69, 9.17) is 9.47 Å². The molecule has 1 heterocycles. The van der Waals surface area contributed by atoms with Crippen LogP contribution in [0.3, 0.4) is 0 Å². The molecule has 1 amide bonds. The SMILES string of the molecule is COc1ccc(CCNC(=O)/C=C/c2cccc(OCc3csc(C)n3)c2)cc1. The number of nitrogens with zero attached hydrogens (tertiary/aromatic N) is 1.